The third-order valence-corrected chi connectivity index (χ3v) is 3.26. The van der Waals surface area contributed by atoms with Crippen molar-refractivity contribution in [2.24, 2.45) is 0 Å². The van der Waals surface area contributed by atoms with Crippen molar-refractivity contribution in [3.8, 4) is 5.75 Å². The van der Waals surface area contributed by atoms with E-state index in [9.17, 15) is 14.5 Å². The van der Waals surface area contributed by atoms with Gasteiger partial charge >= 0.3 is 5.69 Å². The van der Waals surface area contributed by atoms with E-state index in [0.29, 0.717) is 9.32 Å². The molecule has 0 aliphatic rings. The summed E-state index contributed by atoms with van der Waals surface area (Å²) in [7, 11) is 1.39. The predicted molar refractivity (Wildman–Crippen MR) is 65.0 cm³/mol. The highest BCUT2D eigenvalue weighted by Gasteiger charge is 2.22. The topological polar surface area (TPSA) is 52.4 Å². The van der Waals surface area contributed by atoms with Crippen molar-refractivity contribution in [1.82, 2.24) is 0 Å². The van der Waals surface area contributed by atoms with Gasteiger partial charge in [-0.2, -0.15) is 4.39 Å². The lowest BCUT2D eigenvalue weighted by atomic mass is 10.3. The summed E-state index contributed by atoms with van der Waals surface area (Å²) in [5.41, 5.74) is -0.528. The molecule has 1 rings (SSSR count). The van der Waals surface area contributed by atoms with Gasteiger partial charge in [0.05, 0.1) is 19.2 Å². The van der Waals surface area contributed by atoms with Crippen molar-refractivity contribution in [2.45, 2.75) is 0 Å². The summed E-state index contributed by atoms with van der Waals surface area (Å²) in [5.74, 6) is -0.526. The second-order valence-electron chi connectivity index (χ2n) is 2.30. The predicted octanol–water partition coefficient (Wildman–Crippen LogP) is 2.95. The van der Waals surface area contributed by atoms with Gasteiger partial charge in [0, 0.05) is 6.07 Å². The largest absolute Gasteiger partial charge is 0.494 e. The molecule has 0 bridgehead atoms. The van der Waals surface area contributed by atoms with Crippen LogP contribution in [0.5, 0.6) is 5.75 Å². The van der Waals surface area contributed by atoms with Gasteiger partial charge in [-0.05, 0) is 45.2 Å². The highest BCUT2D eigenvalue weighted by Crippen LogP contribution is 2.34. The van der Waals surface area contributed by atoms with Gasteiger partial charge in [-0.1, -0.05) is 0 Å². The van der Waals surface area contributed by atoms with E-state index in [1.54, 1.807) is 22.6 Å². The molecule has 76 valence electrons. The third kappa shape index (κ3) is 2.07. The quantitative estimate of drug-likeness (QED) is 0.318. The average molecular weight is 423 g/mol. The van der Waals surface area contributed by atoms with Gasteiger partial charge in [-0.25, -0.2) is 0 Å². The molecule has 0 atom stereocenters. The maximum absolute atomic E-state index is 13.3. The van der Waals surface area contributed by atoms with Gasteiger partial charge in [-0.15, -0.1) is 0 Å². The molecule has 0 heterocycles. The van der Waals surface area contributed by atoms with E-state index in [-0.39, 0.29) is 3.57 Å². The highest BCUT2D eigenvalue weighted by atomic mass is 127. The van der Waals surface area contributed by atoms with E-state index in [4.69, 9.17) is 4.74 Å². The Balaban J connectivity index is 3.47. The number of nitrogens with zero attached hydrogens (tertiary/aromatic N) is 1. The molecule has 7 heteroatoms. The molecule has 0 N–H and O–H groups in total. The fraction of sp³-hybridized carbons (Fsp3) is 0.143. The first-order valence-corrected chi connectivity index (χ1v) is 5.50. The van der Waals surface area contributed by atoms with Crippen molar-refractivity contribution < 1.29 is 14.1 Å². The van der Waals surface area contributed by atoms with Crippen LogP contribution in [-0.2, 0) is 0 Å². The first-order valence-electron chi connectivity index (χ1n) is 3.35. The third-order valence-electron chi connectivity index (χ3n) is 1.50. The molecule has 0 aliphatic heterocycles. The summed E-state index contributed by atoms with van der Waals surface area (Å²) < 4.78 is 18.9. The first-order chi connectivity index (χ1) is 6.49. The maximum atomic E-state index is 13.3. The summed E-state index contributed by atoms with van der Waals surface area (Å²) in [6.45, 7) is 0. The number of nitro benzene ring substituents is 1. The molecule has 14 heavy (non-hydrogen) atoms. The lowest BCUT2D eigenvalue weighted by Gasteiger charge is -2.06. The Bertz CT molecular complexity index is 397. The van der Waals surface area contributed by atoms with E-state index in [1.165, 1.54) is 7.11 Å². The molecule has 0 saturated carbocycles. The highest BCUT2D eigenvalue weighted by molar-refractivity contribution is 14.1. The molecule has 0 unspecified atom stereocenters. The molecule has 4 nitrogen and oxygen atoms in total. The second kappa shape index (κ2) is 4.55. The van der Waals surface area contributed by atoms with Crippen LogP contribution in [0.25, 0.3) is 0 Å². The number of ether oxygens (including phenoxy) is 1. The van der Waals surface area contributed by atoms with Crippen molar-refractivity contribution in [3.63, 3.8) is 0 Å². The summed E-state index contributed by atoms with van der Waals surface area (Å²) in [5, 5.41) is 10.4. The number of benzene rings is 1. The second-order valence-corrected chi connectivity index (χ2v) is 4.54. The Kier molecular flexibility index (Phi) is 3.86. The Hall–Kier alpha value is -0.190. The van der Waals surface area contributed by atoms with Crippen LogP contribution in [0.2, 0.25) is 0 Å². The Morgan fingerprint density at radius 3 is 2.57 bits per heavy atom. The van der Waals surface area contributed by atoms with E-state index in [0.717, 1.165) is 6.07 Å². The van der Waals surface area contributed by atoms with Crippen molar-refractivity contribution in [2.75, 3.05) is 7.11 Å². The van der Waals surface area contributed by atoms with Gasteiger partial charge < -0.3 is 4.74 Å². The molecule has 0 amide bonds. The summed E-state index contributed by atoms with van der Waals surface area (Å²) >= 11 is 3.54. The zero-order valence-electron chi connectivity index (χ0n) is 6.88. The Labute approximate surface area is 106 Å². The number of hydrogen-bond donors (Lipinski definition) is 0. The van der Waals surface area contributed by atoms with Crippen LogP contribution < -0.4 is 4.74 Å². The lowest BCUT2D eigenvalue weighted by molar-refractivity contribution is -0.387. The summed E-state index contributed by atoms with van der Waals surface area (Å²) in [6.07, 6.45) is 0. The number of rotatable bonds is 2. The van der Waals surface area contributed by atoms with E-state index >= 15 is 0 Å². The van der Waals surface area contributed by atoms with Crippen LogP contribution in [0.4, 0.5) is 10.1 Å². The van der Waals surface area contributed by atoms with Crippen LogP contribution in [0.15, 0.2) is 6.07 Å². The minimum absolute atomic E-state index is 0.128. The Morgan fingerprint density at radius 1 is 1.57 bits per heavy atom. The number of nitro groups is 1. The monoisotopic (exact) mass is 423 g/mol. The SMILES string of the molecule is COc1c(I)cc([N+](=O)[O-])c(F)c1I. The zero-order chi connectivity index (χ0) is 10.9. The summed E-state index contributed by atoms with van der Waals surface area (Å²) in [4.78, 5) is 9.69. The van der Waals surface area contributed by atoms with Gasteiger partial charge in [0.2, 0.25) is 5.82 Å². The molecule has 0 aliphatic carbocycles. The smallest absolute Gasteiger partial charge is 0.307 e. The van der Waals surface area contributed by atoms with Gasteiger partial charge in [0.25, 0.3) is 0 Å². The van der Waals surface area contributed by atoms with Crippen LogP contribution in [0.1, 0.15) is 0 Å². The fourth-order valence-corrected chi connectivity index (χ4v) is 2.97. The van der Waals surface area contributed by atoms with E-state index < -0.39 is 16.4 Å². The fourth-order valence-electron chi connectivity index (χ4n) is 0.886. The minimum Gasteiger partial charge on any atom is -0.494 e. The molecule has 1 aromatic rings. The minimum atomic E-state index is -0.854. The maximum Gasteiger partial charge on any atom is 0.307 e. The van der Waals surface area contributed by atoms with Crippen LogP contribution in [0.3, 0.4) is 0 Å². The molecule has 1 aromatic carbocycles. The lowest BCUT2D eigenvalue weighted by Crippen LogP contribution is -2.00. The van der Waals surface area contributed by atoms with Gasteiger partial charge in [0.15, 0.2) is 0 Å². The molecule has 0 aromatic heterocycles. The van der Waals surface area contributed by atoms with Gasteiger partial charge in [0.1, 0.15) is 5.75 Å². The van der Waals surface area contributed by atoms with Crippen LogP contribution in [-0.4, -0.2) is 12.0 Å². The number of hydrogen-bond acceptors (Lipinski definition) is 3. The average Bonchev–Trinajstić information content (AvgIpc) is 2.12. The zero-order valence-corrected chi connectivity index (χ0v) is 11.2. The van der Waals surface area contributed by atoms with Crippen LogP contribution in [0, 0.1) is 23.1 Å². The molecular formula is C7H4FI2NO3. The van der Waals surface area contributed by atoms with E-state index in [1.807, 2.05) is 22.6 Å². The Morgan fingerprint density at radius 2 is 2.14 bits per heavy atom. The molecule has 0 radical (unpaired) electrons. The normalized spacial score (nSPS) is 10.0. The summed E-state index contributed by atoms with van der Waals surface area (Å²) in [6, 6.07) is 1.15. The molecule has 0 spiro atoms. The molecule has 0 fully saturated rings. The number of methoxy groups -OCH3 is 1. The standard InChI is InChI=1S/C7H4FI2NO3/c1-14-7-3(9)2-4(11(12)13)5(8)6(7)10/h2H,1H3. The molecular weight excluding hydrogens is 419 g/mol. The molecule has 0 saturated heterocycles. The van der Waals surface area contributed by atoms with Crippen molar-refractivity contribution in [1.29, 1.82) is 0 Å². The first kappa shape index (κ1) is 11.9. The van der Waals surface area contributed by atoms with Gasteiger partial charge in [-0.3, -0.25) is 10.1 Å². The van der Waals surface area contributed by atoms with Crippen molar-refractivity contribution in [3.05, 3.63) is 29.1 Å². The van der Waals surface area contributed by atoms with E-state index in [2.05, 4.69) is 0 Å². The van der Waals surface area contributed by atoms with Crippen LogP contribution >= 0.6 is 45.2 Å². The van der Waals surface area contributed by atoms with Crippen molar-refractivity contribution >= 4 is 50.9 Å². The number of halogens is 3.